The first kappa shape index (κ1) is 13.8. The average molecular weight is 311 g/mol. The minimum Gasteiger partial charge on any atom is -0.372 e. The highest BCUT2D eigenvalue weighted by atomic mass is 79.9. The van der Waals surface area contributed by atoms with Gasteiger partial charge in [-0.3, -0.25) is 4.79 Å². The Morgan fingerprint density at radius 3 is 2.67 bits per heavy atom. The van der Waals surface area contributed by atoms with Gasteiger partial charge in [0.1, 0.15) is 0 Å². The van der Waals surface area contributed by atoms with Gasteiger partial charge in [0, 0.05) is 5.41 Å². The van der Waals surface area contributed by atoms with Crippen molar-refractivity contribution >= 4 is 21.7 Å². The van der Waals surface area contributed by atoms with Crippen molar-refractivity contribution in [3.8, 4) is 0 Å². The fourth-order valence-electron chi connectivity index (χ4n) is 2.12. The van der Waals surface area contributed by atoms with Crippen molar-refractivity contribution in [2.45, 2.75) is 45.2 Å². The Labute approximate surface area is 117 Å². The molecule has 0 aromatic heterocycles. The maximum absolute atomic E-state index is 12.1. The summed E-state index contributed by atoms with van der Waals surface area (Å²) in [5.74, 6) is 0.249. The molecule has 0 N–H and O–H groups in total. The third kappa shape index (κ3) is 3.01. The second-order valence-electron chi connectivity index (χ2n) is 5.88. The summed E-state index contributed by atoms with van der Waals surface area (Å²) in [5, 5.41) is 0. The molecule has 0 fully saturated rings. The van der Waals surface area contributed by atoms with Crippen LogP contribution in [0.2, 0.25) is 0 Å². The minimum atomic E-state index is -0.298. The zero-order chi connectivity index (χ0) is 13.3. The molecule has 0 spiro atoms. The molecule has 1 aliphatic rings. The van der Waals surface area contributed by atoms with Gasteiger partial charge >= 0.3 is 0 Å². The van der Waals surface area contributed by atoms with E-state index < -0.39 is 0 Å². The highest BCUT2D eigenvalue weighted by Crippen LogP contribution is 2.26. The molecule has 2 nitrogen and oxygen atoms in total. The van der Waals surface area contributed by atoms with Gasteiger partial charge in [-0.1, -0.05) is 54.9 Å². The highest BCUT2D eigenvalue weighted by Gasteiger charge is 2.28. The summed E-state index contributed by atoms with van der Waals surface area (Å²) in [6.45, 7) is 7.29. The Hall–Kier alpha value is -0.670. The summed E-state index contributed by atoms with van der Waals surface area (Å²) < 4.78 is 5.40. The second-order valence-corrected chi connectivity index (χ2v) is 6.99. The van der Waals surface area contributed by atoms with Crippen LogP contribution in [0.5, 0.6) is 0 Å². The third-order valence-corrected chi connectivity index (χ3v) is 3.96. The van der Waals surface area contributed by atoms with E-state index in [2.05, 4.69) is 34.1 Å². The number of rotatable bonds is 3. The predicted molar refractivity (Wildman–Crippen MR) is 75.8 cm³/mol. The molecule has 1 aliphatic heterocycles. The molecule has 0 amide bonds. The van der Waals surface area contributed by atoms with Gasteiger partial charge in [0.05, 0.1) is 18.0 Å². The highest BCUT2D eigenvalue weighted by molar-refractivity contribution is 9.10. The third-order valence-electron chi connectivity index (χ3n) is 3.22. The minimum absolute atomic E-state index is 0.113. The molecule has 0 saturated carbocycles. The van der Waals surface area contributed by atoms with Gasteiger partial charge in [0.25, 0.3) is 0 Å². The summed E-state index contributed by atoms with van der Waals surface area (Å²) in [6, 6.07) is 6.36. The van der Waals surface area contributed by atoms with Gasteiger partial charge in [0.15, 0.2) is 5.78 Å². The van der Waals surface area contributed by atoms with Crippen LogP contribution in [0.15, 0.2) is 18.2 Å². The lowest BCUT2D eigenvalue weighted by molar-refractivity contribution is -0.125. The molecular weight excluding hydrogens is 292 g/mol. The van der Waals surface area contributed by atoms with Gasteiger partial charge in [0.2, 0.25) is 0 Å². The van der Waals surface area contributed by atoms with Crippen LogP contribution in [0.3, 0.4) is 0 Å². The van der Waals surface area contributed by atoms with Crippen molar-refractivity contribution in [3.05, 3.63) is 34.9 Å². The van der Waals surface area contributed by atoms with Crippen molar-refractivity contribution in [1.29, 1.82) is 0 Å². The molecule has 98 valence electrons. The first-order chi connectivity index (χ1) is 8.38. The second kappa shape index (κ2) is 5.14. The molecule has 0 radical (unpaired) electrons. The van der Waals surface area contributed by atoms with Gasteiger partial charge in [-0.05, 0) is 23.1 Å². The first-order valence-electron chi connectivity index (χ1n) is 6.25. The number of halogens is 1. The number of carbonyl (C=O) groups excluding carboxylic acids is 1. The van der Waals surface area contributed by atoms with E-state index in [9.17, 15) is 4.79 Å². The van der Waals surface area contributed by atoms with Crippen molar-refractivity contribution in [3.63, 3.8) is 0 Å². The quantitative estimate of drug-likeness (QED) is 0.797. The Bertz CT molecular complexity index is 460. The molecule has 0 saturated heterocycles. The summed E-state index contributed by atoms with van der Waals surface area (Å²) >= 11 is 3.52. The number of fused-ring (bicyclic) bond motifs is 1. The number of Topliss-reactive ketones (excluding diaryl/α,β-unsaturated/α-hetero) is 1. The number of ketones is 1. The van der Waals surface area contributed by atoms with Gasteiger partial charge < -0.3 is 4.74 Å². The smallest absolute Gasteiger partial charge is 0.152 e. The molecule has 1 unspecified atom stereocenters. The van der Waals surface area contributed by atoms with E-state index in [1.165, 1.54) is 16.7 Å². The topological polar surface area (TPSA) is 26.3 Å². The lowest BCUT2D eigenvalue weighted by atomic mass is 9.87. The lowest BCUT2D eigenvalue weighted by Gasteiger charge is -2.20. The van der Waals surface area contributed by atoms with E-state index in [0.29, 0.717) is 13.2 Å². The fraction of sp³-hybridized carbons (Fsp3) is 0.533. The summed E-state index contributed by atoms with van der Waals surface area (Å²) in [4.78, 5) is 12.0. The van der Waals surface area contributed by atoms with E-state index in [0.717, 1.165) is 6.42 Å². The molecule has 2 rings (SSSR count). The van der Waals surface area contributed by atoms with Crippen LogP contribution in [0.25, 0.3) is 0 Å². The van der Waals surface area contributed by atoms with Crippen molar-refractivity contribution in [2.24, 2.45) is 5.41 Å². The molecule has 3 heteroatoms. The molecule has 1 atom stereocenters. The first-order valence-corrected chi connectivity index (χ1v) is 7.16. The molecule has 1 aromatic rings. The van der Waals surface area contributed by atoms with Gasteiger partial charge in [-0.2, -0.15) is 0 Å². The SMILES string of the molecule is CC(C)(C)C(=O)C(Br)Cc1ccc2c(c1)COC2. The van der Waals surface area contributed by atoms with E-state index in [1.54, 1.807) is 0 Å². The number of carbonyl (C=O) groups is 1. The Morgan fingerprint density at radius 1 is 1.33 bits per heavy atom. The van der Waals surface area contributed by atoms with E-state index >= 15 is 0 Å². The normalized spacial score (nSPS) is 16.4. The summed E-state index contributed by atoms with van der Waals surface area (Å²) in [7, 11) is 0. The lowest BCUT2D eigenvalue weighted by Crippen LogP contribution is -2.30. The number of hydrogen-bond donors (Lipinski definition) is 0. The Kier molecular flexibility index (Phi) is 3.93. The van der Waals surface area contributed by atoms with Crippen LogP contribution >= 0.6 is 15.9 Å². The predicted octanol–water partition coefficient (Wildman–Crippen LogP) is 3.64. The number of hydrogen-bond acceptors (Lipinski definition) is 2. The van der Waals surface area contributed by atoms with Crippen molar-refractivity contribution in [1.82, 2.24) is 0 Å². The number of alkyl halides is 1. The zero-order valence-electron chi connectivity index (χ0n) is 11.1. The molecule has 0 bridgehead atoms. The molecule has 18 heavy (non-hydrogen) atoms. The van der Waals surface area contributed by atoms with Crippen LogP contribution in [0.4, 0.5) is 0 Å². The fourth-order valence-corrected chi connectivity index (χ4v) is 3.18. The summed E-state index contributed by atoms with van der Waals surface area (Å²) in [6.07, 6.45) is 0.739. The van der Waals surface area contributed by atoms with Crippen LogP contribution in [0.1, 0.15) is 37.5 Å². The van der Waals surface area contributed by atoms with Crippen LogP contribution in [0, 0.1) is 5.41 Å². The van der Waals surface area contributed by atoms with Gasteiger partial charge in [-0.25, -0.2) is 0 Å². The molecular formula is C15H19BrO2. The van der Waals surface area contributed by atoms with Crippen molar-refractivity contribution in [2.75, 3.05) is 0 Å². The Morgan fingerprint density at radius 2 is 2.00 bits per heavy atom. The number of benzene rings is 1. The maximum Gasteiger partial charge on any atom is 0.152 e. The molecule has 1 aromatic carbocycles. The van der Waals surface area contributed by atoms with Crippen LogP contribution < -0.4 is 0 Å². The zero-order valence-corrected chi connectivity index (χ0v) is 12.7. The monoisotopic (exact) mass is 310 g/mol. The van der Waals surface area contributed by atoms with E-state index in [-0.39, 0.29) is 16.0 Å². The van der Waals surface area contributed by atoms with E-state index in [4.69, 9.17) is 4.74 Å². The average Bonchev–Trinajstić information content (AvgIpc) is 2.73. The van der Waals surface area contributed by atoms with E-state index in [1.807, 2.05) is 20.8 Å². The Balaban J connectivity index is 2.08. The molecule has 1 heterocycles. The maximum atomic E-state index is 12.1. The summed E-state index contributed by atoms with van der Waals surface area (Å²) in [5.41, 5.74) is 3.43. The standard InChI is InChI=1S/C15H19BrO2/c1-15(2,3)14(17)13(16)7-10-4-5-11-8-18-9-12(11)6-10/h4-6,13H,7-9H2,1-3H3. The van der Waals surface area contributed by atoms with Crippen molar-refractivity contribution < 1.29 is 9.53 Å². The largest absolute Gasteiger partial charge is 0.372 e. The van der Waals surface area contributed by atoms with Crippen LogP contribution in [-0.2, 0) is 29.2 Å². The number of ether oxygens (including phenoxy) is 1. The van der Waals surface area contributed by atoms with Gasteiger partial charge in [-0.15, -0.1) is 0 Å². The molecule has 0 aliphatic carbocycles. The van der Waals surface area contributed by atoms with Crippen LogP contribution in [-0.4, -0.2) is 10.6 Å².